The molecule has 1 N–H and O–H groups in total. The van der Waals surface area contributed by atoms with Gasteiger partial charge < -0.3 is 10.1 Å². The van der Waals surface area contributed by atoms with E-state index in [9.17, 15) is 4.39 Å². The van der Waals surface area contributed by atoms with E-state index in [0.717, 1.165) is 11.3 Å². The number of halogens is 1. The van der Waals surface area contributed by atoms with E-state index in [2.05, 4.69) is 5.32 Å². The summed E-state index contributed by atoms with van der Waals surface area (Å²) in [5.74, 6) is 0.233. The van der Waals surface area contributed by atoms with E-state index < -0.39 is 5.82 Å². The number of nitriles is 1. The fraction of sp³-hybridized carbons (Fsp3) is 0.133. The van der Waals surface area contributed by atoms with Crippen molar-refractivity contribution in [3.8, 4) is 11.8 Å². The number of rotatable bonds is 3. The fourth-order valence-corrected chi connectivity index (χ4v) is 1.78. The molecule has 0 atom stereocenters. The van der Waals surface area contributed by atoms with Crippen molar-refractivity contribution in [2.24, 2.45) is 0 Å². The number of hydrogen-bond donors (Lipinski definition) is 1. The first-order chi connectivity index (χ1) is 9.13. The van der Waals surface area contributed by atoms with Gasteiger partial charge in [0.05, 0.1) is 24.0 Å². The first-order valence-electron chi connectivity index (χ1n) is 5.75. The molecular formula is C15H13FN2O. The predicted octanol–water partition coefficient (Wildman–Crippen LogP) is 3.76. The lowest BCUT2D eigenvalue weighted by Gasteiger charge is -2.13. The minimum Gasteiger partial charge on any atom is -0.495 e. The topological polar surface area (TPSA) is 45.0 Å². The molecule has 0 spiro atoms. The molecule has 3 nitrogen and oxygen atoms in total. The van der Waals surface area contributed by atoms with Crippen molar-refractivity contribution < 1.29 is 9.13 Å². The van der Waals surface area contributed by atoms with Crippen LogP contribution in [0.25, 0.3) is 0 Å². The highest BCUT2D eigenvalue weighted by Crippen LogP contribution is 2.30. The first-order valence-corrected chi connectivity index (χ1v) is 5.75. The zero-order chi connectivity index (χ0) is 13.8. The van der Waals surface area contributed by atoms with Crippen molar-refractivity contribution in [3.63, 3.8) is 0 Å². The van der Waals surface area contributed by atoms with Crippen LogP contribution in [-0.2, 0) is 0 Å². The minimum atomic E-state index is -0.432. The van der Waals surface area contributed by atoms with Gasteiger partial charge in [0.1, 0.15) is 17.6 Å². The zero-order valence-electron chi connectivity index (χ0n) is 10.7. The van der Waals surface area contributed by atoms with Gasteiger partial charge in [-0.3, -0.25) is 0 Å². The third kappa shape index (κ3) is 2.83. The van der Waals surface area contributed by atoms with E-state index in [1.807, 2.05) is 31.2 Å². The molecular weight excluding hydrogens is 243 g/mol. The SMILES string of the molecule is COc1ccc(C)cc1Nc1ccc(F)cc1C#N. The number of ether oxygens (including phenoxy) is 1. The highest BCUT2D eigenvalue weighted by Gasteiger charge is 2.08. The summed E-state index contributed by atoms with van der Waals surface area (Å²) >= 11 is 0. The zero-order valence-corrected chi connectivity index (χ0v) is 10.7. The van der Waals surface area contributed by atoms with E-state index in [4.69, 9.17) is 10.00 Å². The Bertz CT molecular complexity index is 647. The maximum Gasteiger partial charge on any atom is 0.142 e. The van der Waals surface area contributed by atoms with Crippen LogP contribution in [0.1, 0.15) is 11.1 Å². The maximum absolute atomic E-state index is 13.1. The lowest BCUT2D eigenvalue weighted by Crippen LogP contribution is -1.97. The van der Waals surface area contributed by atoms with E-state index in [-0.39, 0.29) is 5.56 Å². The second-order valence-corrected chi connectivity index (χ2v) is 4.13. The molecule has 0 aliphatic carbocycles. The molecule has 0 amide bonds. The number of benzene rings is 2. The molecule has 2 aromatic rings. The molecule has 0 heterocycles. The molecule has 0 saturated carbocycles. The predicted molar refractivity (Wildman–Crippen MR) is 72.1 cm³/mol. The monoisotopic (exact) mass is 256 g/mol. The second kappa shape index (κ2) is 5.40. The number of nitrogens with one attached hydrogen (secondary N) is 1. The summed E-state index contributed by atoms with van der Waals surface area (Å²) in [5.41, 5.74) is 2.60. The van der Waals surface area contributed by atoms with Crippen LogP contribution in [0.3, 0.4) is 0 Å². The van der Waals surface area contributed by atoms with E-state index in [1.165, 1.54) is 18.2 Å². The van der Waals surface area contributed by atoms with Gasteiger partial charge >= 0.3 is 0 Å². The second-order valence-electron chi connectivity index (χ2n) is 4.13. The van der Waals surface area contributed by atoms with Crippen molar-refractivity contribution >= 4 is 11.4 Å². The Morgan fingerprint density at radius 1 is 1.16 bits per heavy atom. The standard InChI is InChI=1S/C15H13FN2O/c1-10-3-6-15(19-2)14(7-10)18-13-5-4-12(16)8-11(13)9-17/h3-8,18H,1-2H3. The lowest BCUT2D eigenvalue weighted by atomic mass is 10.1. The van der Waals surface area contributed by atoms with E-state index >= 15 is 0 Å². The van der Waals surface area contributed by atoms with Crippen molar-refractivity contribution in [1.29, 1.82) is 5.26 Å². The molecule has 0 fully saturated rings. The average Bonchev–Trinajstić information content (AvgIpc) is 2.41. The normalized spacial score (nSPS) is 9.79. The Balaban J connectivity index is 2.41. The molecule has 0 aliphatic heterocycles. The molecule has 2 rings (SSSR count). The Morgan fingerprint density at radius 2 is 1.95 bits per heavy atom. The molecule has 0 bridgehead atoms. The molecule has 0 radical (unpaired) electrons. The largest absolute Gasteiger partial charge is 0.495 e. The third-order valence-electron chi connectivity index (χ3n) is 2.73. The molecule has 0 aromatic heterocycles. The maximum atomic E-state index is 13.1. The summed E-state index contributed by atoms with van der Waals surface area (Å²) in [4.78, 5) is 0. The molecule has 96 valence electrons. The van der Waals surface area contributed by atoms with Gasteiger partial charge in [0.25, 0.3) is 0 Å². The van der Waals surface area contributed by atoms with Crippen molar-refractivity contribution in [2.75, 3.05) is 12.4 Å². The van der Waals surface area contributed by atoms with Crippen molar-refractivity contribution in [1.82, 2.24) is 0 Å². The van der Waals surface area contributed by atoms with Crippen LogP contribution in [0.15, 0.2) is 36.4 Å². The molecule has 19 heavy (non-hydrogen) atoms. The summed E-state index contributed by atoms with van der Waals surface area (Å²) < 4.78 is 18.3. The first kappa shape index (κ1) is 12.9. The van der Waals surface area contributed by atoms with Crippen LogP contribution in [0.5, 0.6) is 5.75 Å². The van der Waals surface area contributed by atoms with Gasteiger partial charge in [-0.2, -0.15) is 5.26 Å². The molecule has 2 aromatic carbocycles. The van der Waals surface area contributed by atoms with Crippen molar-refractivity contribution in [2.45, 2.75) is 6.92 Å². The number of hydrogen-bond acceptors (Lipinski definition) is 3. The average molecular weight is 256 g/mol. The highest BCUT2D eigenvalue weighted by molar-refractivity contribution is 5.71. The number of aryl methyl sites for hydroxylation is 1. The number of methoxy groups -OCH3 is 1. The smallest absolute Gasteiger partial charge is 0.142 e. The number of anilines is 2. The Labute approximate surface area is 111 Å². The van der Waals surface area contributed by atoms with Gasteiger partial charge in [-0.05, 0) is 42.8 Å². The van der Waals surface area contributed by atoms with Crippen LogP contribution in [0.4, 0.5) is 15.8 Å². The van der Waals surface area contributed by atoms with Crippen LogP contribution in [-0.4, -0.2) is 7.11 Å². The van der Waals surface area contributed by atoms with Crippen LogP contribution in [0, 0.1) is 24.1 Å². The minimum absolute atomic E-state index is 0.253. The summed E-state index contributed by atoms with van der Waals surface area (Å²) in [6.07, 6.45) is 0. The van der Waals surface area contributed by atoms with Crippen LogP contribution in [0.2, 0.25) is 0 Å². The van der Waals surface area contributed by atoms with Crippen molar-refractivity contribution in [3.05, 3.63) is 53.3 Å². The summed E-state index contributed by atoms with van der Waals surface area (Å²) in [5, 5.41) is 12.1. The van der Waals surface area contributed by atoms with Gasteiger partial charge in [-0.25, -0.2) is 4.39 Å². The molecule has 4 heteroatoms. The van der Waals surface area contributed by atoms with Crippen LogP contribution >= 0.6 is 0 Å². The summed E-state index contributed by atoms with van der Waals surface area (Å²) in [6.45, 7) is 1.96. The van der Waals surface area contributed by atoms with Gasteiger partial charge in [0.2, 0.25) is 0 Å². The Hall–Kier alpha value is -2.54. The van der Waals surface area contributed by atoms with E-state index in [1.54, 1.807) is 7.11 Å². The Morgan fingerprint density at radius 3 is 2.63 bits per heavy atom. The Kier molecular flexibility index (Phi) is 3.67. The van der Waals surface area contributed by atoms with Gasteiger partial charge in [0.15, 0.2) is 0 Å². The highest BCUT2D eigenvalue weighted by atomic mass is 19.1. The van der Waals surface area contributed by atoms with Gasteiger partial charge in [-0.1, -0.05) is 6.07 Å². The number of nitrogens with zero attached hydrogens (tertiary/aromatic N) is 1. The van der Waals surface area contributed by atoms with E-state index in [0.29, 0.717) is 11.4 Å². The summed E-state index contributed by atoms with van der Waals surface area (Å²) in [7, 11) is 1.58. The fourth-order valence-electron chi connectivity index (χ4n) is 1.78. The quantitative estimate of drug-likeness (QED) is 0.909. The molecule has 0 aliphatic rings. The van der Waals surface area contributed by atoms with Gasteiger partial charge in [0, 0.05) is 0 Å². The van der Waals surface area contributed by atoms with Gasteiger partial charge in [-0.15, -0.1) is 0 Å². The molecule has 0 unspecified atom stereocenters. The third-order valence-corrected chi connectivity index (χ3v) is 2.73. The molecule has 0 saturated heterocycles. The lowest BCUT2D eigenvalue weighted by molar-refractivity contribution is 0.416. The summed E-state index contributed by atoms with van der Waals surface area (Å²) in [6, 6.07) is 11.7. The van der Waals surface area contributed by atoms with Crippen LogP contribution < -0.4 is 10.1 Å².